The van der Waals surface area contributed by atoms with E-state index in [-0.39, 0.29) is 24.2 Å². The molecule has 0 aromatic rings. The SMILES string of the molecule is CC1(OC(=O)COC(=O)C2CC3C=CC2C3=O)CCCCC1. The van der Waals surface area contributed by atoms with Gasteiger partial charge in [-0.25, -0.2) is 4.79 Å². The van der Waals surface area contributed by atoms with Crippen LogP contribution >= 0.6 is 0 Å². The van der Waals surface area contributed by atoms with Crippen molar-refractivity contribution in [1.82, 2.24) is 0 Å². The van der Waals surface area contributed by atoms with Crippen molar-refractivity contribution < 1.29 is 23.9 Å². The summed E-state index contributed by atoms with van der Waals surface area (Å²) in [5.74, 6) is -1.79. The molecule has 0 radical (unpaired) electrons. The highest BCUT2D eigenvalue weighted by atomic mass is 16.6. The average molecular weight is 306 g/mol. The number of carbonyl (C=O) groups is 3. The van der Waals surface area contributed by atoms with Crippen LogP contribution < -0.4 is 0 Å². The van der Waals surface area contributed by atoms with E-state index in [0.717, 1.165) is 25.7 Å². The van der Waals surface area contributed by atoms with Crippen molar-refractivity contribution in [2.45, 2.75) is 51.0 Å². The van der Waals surface area contributed by atoms with E-state index in [1.165, 1.54) is 6.42 Å². The summed E-state index contributed by atoms with van der Waals surface area (Å²) in [6.45, 7) is 1.57. The molecule has 22 heavy (non-hydrogen) atoms. The number of rotatable bonds is 4. The smallest absolute Gasteiger partial charge is 0.344 e. The van der Waals surface area contributed by atoms with Gasteiger partial charge in [-0.2, -0.15) is 0 Å². The Morgan fingerprint density at radius 1 is 1.23 bits per heavy atom. The third-order valence-corrected chi connectivity index (χ3v) is 5.09. The van der Waals surface area contributed by atoms with Crippen molar-refractivity contribution in [2.24, 2.45) is 17.8 Å². The van der Waals surface area contributed by atoms with E-state index < -0.39 is 23.5 Å². The Balaban J connectivity index is 1.46. The van der Waals surface area contributed by atoms with Gasteiger partial charge in [-0.15, -0.1) is 0 Å². The van der Waals surface area contributed by atoms with Gasteiger partial charge in [0.2, 0.25) is 0 Å². The molecule has 3 aliphatic rings. The molecule has 3 aliphatic carbocycles. The highest BCUT2D eigenvalue weighted by Gasteiger charge is 2.47. The van der Waals surface area contributed by atoms with E-state index in [9.17, 15) is 14.4 Å². The van der Waals surface area contributed by atoms with Crippen LogP contribution in [-0.4, -0.2) is 29.9 Å². The van der Waals surface area contributed by atoms with Gasteiger partial charge in [-0.1, -0.05) is 18.6 Å². The van der Waals surface area contributed by atoms with Gasteiger partial charge < -0.3 is 9.47 Å². The molecule has 2 fully saturated rings. The summed E-state index contributed by atoms with van der Waals surface area (Å²) in [6, 6.07) is 0. The first-order valence-corrected chi connectivity index (χ1v) is 8.09. The first kappa shape index (κ1) is 15.3. The summed E-state index contributed by atoms with van der Waals surface area (Å²) in [5, 5.41) is 0. The number of esters is 2. The maximum absolute atomic E-state index is 12.0. The second-order valence-corrected chi connectivity index (χ2v) is 6.85. The monoisotopic (exact) mass is 306 g/mol. The van der Waals surface area contributed by atoms with E-state index >= 15 is 0 Å². The molecule has 5 nitrogen and oxygen atoms in total. The quantitative estimate of drug-likeness (QED) is 0.588. The van der Waals surface area contributed by atoms with Gasteiger partial charge >= 0.3 is 11.9 Å². The Morgan fingerprint density at radius 2 is 1.95 bits per heavy atom. The van der Waals surface area contributed by atoms with Crippen LogP contribution in [0.1, 0.15) is 45.4 Å². The van der Waals surface area contributed by atoms with Crippen LogP contribution in [0.2, 0.25) is 0 Å². The first-order valence-electron chi connectivity index (χ1n) is 8.09. The van der Waals surface area contributed by atoms with Crippen LogP contribution in [0.4, 0.5) is 0 Å². The summed E-state index contributed by atoms with van der Waals surface area (Å²) >= 11 is 0. The second kappa shape index (κ2) is 5.86. The lowest BCUT2D eigenvalue weighted by atomic mass is 9.86. The topological polar surface area (TPSA) is 69.7 Å². The first-order chi connectivity index (χ1) is 10.5. The van der Waals surface area contributed by atoms with Crippen molar-refractivity contribution in [2.75, 3.05) is 6.61 Å². The fourth-order valence-corrected chi connectivity index (χ4v) is 3.82. The maximum Gasteiger partial charge on any atom is 0.344 e. The lowest BCUT2D eigenvalue weighted by molar-refractivity contribution is -0.173. The van der Waals surface area contributed by atoms with E-state index in [4.69, 9.17) is 9.47 Å². The average Bonchev–Trinajstić information content (AvgIpc) is 3.00. The fourth-order valence-electron chi connectivity index (χ4n) is 3.82. The second-order valence-electron chi connectivity index (χ2n) is 6.85. The van der Waals surface area contributed by atoms with Crippen LogP contribution in [-0.2, 0) is 23.9 Å². The minimum absolute atomic E-state index is 0.0965. The molecule has 2 saturated carbocycles. The van der Waals surface area contributed by atoms with Gasteiger partial charge in [0.05, 0.1) is 5.92 Å². The zero-order valence-electron chi connectivity index (χ0n) is 12.9. The van der Waals surface area contributed by atoms with Crippen LogP contribution in [0.3, 0.4) is 0 Å². The number of hydrogen-bond acceptors (Lipinski definition) is 5. The van der Waals surface area contributed by atoms with Gasteiger partial charge in [0.15, 0.2) is 6.61 Å². The molecule has 0 spiro atoms. The number of ketones is 1. The molecule has 3 atom stereocenters. The number of allylic oxidation sites excluding steroid dienone is 2. The minimum Gasteiger partial charge on any atom is -0.457 e. The van der Waals surface area contributed by atoms with Gasteiger partial charge in [-0.05, 0) is 39.0 Å². The lowest BCUT2D eigenvalue weighted by Crippen LogP contribution is -2.36. The number of Topliss-reactive ketones (excluding diaryl/α,β-unsaturated/α-hetero) is 1. The number of ether oxygens (including phenoxy) is 2. The summed E-state index contributed by atoms with van der Waals surface area (Å²) < 4.78 is 10.6. The third-order valence-electron chi connectivity index (χ3n) is 5.09. The van der Waals surface area contributed by atoms with E-state index in [0.29, 0.717) is 6.42 Å². The molecule has 0 N–H and O–H groups in total. The van der Waals surface area contributed by atoms with Crippen molar-refractivity contribution in [3.63, 3.8) is 0 Å². The highest BCUT2D eigenvalue weighted by molar-refractivity contribution is 5.97. The molecule has 120 valence electrons. The van der Waals surface area contributed by atoms with E-state index in [1.807, 2.05) is 13.0 Å². The molecular formula is C17H22O5. The third kappa shape index (κ3) is 2.94. The van der Waals surface area contributed by atoms with Crippen molar-refractivity contribution in [1.29, 1.82) is 0 Å². The maximum atomic E-state index is 12.0. The van der Waals surface area contributed by atoms with E-state index in [1.54, 1.807) is 6.08 Å². The fraction of sp³-hybridized carbons (Fsp3) is 0.706. The number of hydrogen-bond donors (Lipinski definition) is 0. The van der Waals surface area contributed by atoms with Crippen LogP contribution in [0, 0.1) is 17.8 Å². The number of fused-ring (bicyclic) bond motifs is 2. The van der Waals surface area contributed by atoms with Gasteiger partial charge in [0.25, 0.3) is 0 Å². The lowest BCUT2D eigenvalue weighted by Gasteiger charge is -2.33. The molecule has 0 aromatic carbocycles. The number of carbonyl (C=O) groups excluding carboxylic acids is 3. The van der Waals surface area contributed by atoms with Gasteiger partial charge in [-0.3, -0.25) is 9.59 Å². The summed E-state index contributed by atoms with van der Waals surface area (Å²) in [6.07, 6.45) is 9.15. The van der Waals surface area contributed by atoms with Crippen LogP contribution in [0.25, 0.3) is 0 Å². The Morgan fingerprint density at radius 3 is 2.55 bits per heavy atom. The molecule has 0 aliphatic heterocycles. The molecule has 0 aromatic heterocycles. The Bertz CT molecular complexity index is 515. The molecule has 2 bridgehead atoms. The molecule has 5 heteroatoms. The summed E-state index contributed by atoms with van der Waals surface area (Å²) in [7, 11) is 0. The zero-order chi connectivity index (χ0) is 15.7. The normalized spacial score (nSPS) is 32.0. The molecule has 3 unspecified atom stereocenters. The van der Waals surface area contributed by atoms with Crippen LogP contribution in [0.5, 0.6) is 0 Å². The van der Waals surface area contributed by atoms with Crippen molar-refractivity contribution in [3.05, 3.63) is 12.2 Å². The predicted molar refractivity (Wildman–Crippen MR) is 77.8 cm³/mol. The highest BCUT2D eigenvalue weighted by Crippen LogP contribution is 2.41. The molecule has 0 saturated heterocycles. The van der Waals surface area contributed by atoms with Crippen molar-refractivity contribution in [3.8, 4) is 0 Å². The molecule has 0 heterocycles. The Hall–Kier alpha value is -1.65. The summed E-state index contributed by atoms with van der Waals surface area (Å²) in [4.78, 5) is 35.7. The Kier molecular flexibility index (Phi) is 4.06. The summed E-state index contributed by atoms with van der Waals surface area (Å²) in [5.41, 5.74) is -0.424. The molecule has 0 amide bonds. The van der Waals surface area contributed by atoms with Gasteiger partial charge in [0, 0.05) is 11.8 Å². The predicted octanol–water partition coefficient (Wildman–Crippen LogP) is 2.19. The molecule has 3 rings (SSSR count). The standard InChI is InChI=1S/C17H22O5/c1-17(7-3-2-4-8-17)22-14(18)10-21-16(20)13-9-11-5-6-12(13)15(11)19/h5-6,11-13H,2-4,7-10H2,1H3. The molecular weight excluding hydrogens is 284 g/mol. The largest absolute Gasteiger partial charge is 0.457 e. The van der Waals surface area contributed by atoms with E-state index in [2.05, 4.69) is 0 Å². The van der Waals surface area contributed by atoms with Crippen LogP contribution in [0.15, 0.2) is 12.2 Å². The van der Waals surface area contributed by atoms with Gasteiger partial charge in [0.1, 0.15) is 11.4 Å². The Labute approximate surface area is 130 Å². The zero-order valence-corrected chi connectivity index (χ0v) is 12.9. The minimum atomic E-state index is -0.497. The van der Waals surface area contributed by atoms with Crippen molar-refractivity contribution >= 4 is 17.7 Å².